The molecule has 0 heterocycles. The molecule has 2 rings (SSSR count). The first-order chi connectivity index (χ1) is 8.01. The molecule has 2 saturated carbocycles. The van der Waals surface area contributed by atoms with E-state index in [9.17, 15) is 4.79 Å². The van der Waals surface area contributed by atoms with Gasteiger partial charge in [-0.2, -0.15) is 0 Å². The Bertz CT molecular complexity index is 330. The van der Waals surface area contributed by atoms with Gasteiger partial charge in [-0.3, -0.25) is 4.79 Å². The third kappa shape index (κ3) is 1.98. The zero-order valence-corrected chi connectivity index (χ0v) is 11.6. The molecule has 4 atom stereocenters. The summed E-state index contributed by atoms with van der Waals surface area (Å²) in [5.41, 5.74) is 1.64. The molecule has 0 aromatic rings. The summed E-state index contributed by atoms with van der Waals surface area (Å²) < 4.78 is 0. The minimum absolute atomic E-state index is 0.287. The van der Waals surface area contributed by atoms with Gasteiger partial charge in [-0.25, -0.2) is 0 Å². The van der Waals surface area contributed by atoms with Gasteiger partial charge in [0.05, 0.1) is 0 Å². The second-order valence-electron chi connectivity index (χ2n) is 6.35. The van der Waals surface area contributed by atoms with E-state index in [0.29, 0.717) is 17.1 Å². The van der Waals surface area contributed by atoms with E-state index in [1.807, 2.05) is 0 Å². The number of Topliss-reactive ketones (excluding diaryl/α,β-unsaturated/α-hetero) is 1. The number of rotatable bonds is 2. The highest BCUT2D eigenvalue weighted by molar-refractivity contribution is 5.84. The normalized spacial score (nSPS) is 42.1. The predicted molar refractivity (Wildman–Crippen MR) is 71.8 cm³/mol. The van der Waals surface area contributed by atoms with Crippen LogP contribution in [0.3, 0.4) is 0 Å². The van der Waals surface area contributed by atoms with Gasteiger partial charge in [0.15, 0.2) is 0 Å². The second-order valence-corrected chi connectivity index (χ2v) is 6.35. The fourth-order valence-electron chi connectivity index (χ4n) is 4.39. The Kier molecular flexibility index (Phi) is 3.47. The van der Waals surface area contributed by atoms with E-state index in [2.05, 4.69) is 27.4 Å². The van der Waals surface area contributed by atoms with E-state index < -0.39 is 0 Å². The van der Waals surface area contributed by atoms with Gasteiger partial charge >= 0.3 is 0 Å². The molecule has 1 nitrogen and oxygen atoms in total. The van der Waals surface area contributed by atoms with Crippen molar-refractivity contribution in [3.05, 3.63) is 12.2 Å². The third-order valence-electron chi connectivity index (χ3n) is 5.67. The Morgan fingerprint density at radius 1 is 1.47 bits per heavy atom. The Hall–Kier alpha value is -0.590. The molecule has 0 saturated heterocycles. The zero-order valence-electron chi connectivity index (χ0n) is 11.6. The molecule has 17 heavy (non-hydrogen) atoms. The van der Waals surface area contributed by atoms with Crippen molar-refractivity contribution in [1.29, 1.82) is 0 Å². The van der Waals surface area contributed by atoms with Gasteiger partial charge in [-0.05, 0) is 49.9 Å². The summed E-state index contributed by atoms with van der Waals surface area (Å²) in [6.45, 7) is 10.8. The standard InChI is InChI=1S/C16H26O/c1-5-14-7-6-13(11(2)3)10-16(14)9-8-15(17)12(16)4/h12-14H,2,5-10H2,1,3-4H3/t12?,13-,14-,16+/m0/s1. The molecule has 0 bridgehead atoms. The molecule has 1 heteroatoms. The van der Waals surface area contributed by atoms with Crippen LogP contribution < -0.4 is 0 Å². The zero-order chi connectivity index (χ0) is 12.6. The van der Waals surface area contributed by atoms with E-state index >= 15 is 0 Å². The number of hydrogen-bond donors (Lipinski definition) is 0. The van der Waals surface area contributed by atoms with Crippen LogP contribution in [0.1, 0.15) is 59.3 Å². The van der Waals surface area contributed by atoms with Crippen LogP contribution in [0.25, 0.3) is 0 Å². The molecule has 1 spiro atoms. The van der Waals surface area contributed by atoms with Gasteiger partial charge in [0, 0.05) is 12.3 Å². The molecule has 0 aromatic carbocycles. The maximum atomic E-state index is 12.0. The van der Waals surface area contributed by atoms with Crippen LogP contribution in [0.4, 0.5) is 0 Å². The summed E-state index contributed by atoms with van der Waals surface area (Å²) in [4.78, 5) is 12.0. The number of carbonyl (C=O) groups excluding carboxylic acids is 1. The average molecular weight is 234 g/mol. The Morgan fingerprint density at radius 2 is 2.18 bits per heavy atom. The molecule has 2 aliphatic carbocycles. The molecule has 0 aromatic heterocycles. The molecule has 0 radical (unpaired) electrons. The Morgan fingerprint density at radius 3 is 2.65 bits per heavy atom. The summed E-state index contributed by atoms with van der Waals surface area (Å²) in [7, 11) is 0. The highest BCUT2D eigenvalue weighted by atomic mass is 16.1. The van der Waals surface area contributed by atoms with Crippen molar-refractivity contribution in [3.8, 4) is 0 Å². The number of hydrogen-bond acceptors (Lipinski definition) is 1. The summed E-state index contributed by atoms with van der Waals surface area (Å²) >= 11 is 0. The van der Waals surface area contributed by atoms with Gasteiger partial charge < -0.3 is 0 Å². The summed E-state index contributed by atoms with van der Waals surface area (Å²) in [5.74, 6) is 2.21. The first-order valence-corrected chi connectivity index (χ1v) is 7.19. The van der Waals surface area contributed by atoms with Crippen LogP contribution in [0.2, 0.25) is 0 Å². The molecule has 0 amide bonds. The van der Waals surface area contributed by atoms with Gasteiger partial charge in [-0.15, -0.1) is 0 Å². The van der Waals surface area contributed by atoms with E-state index in [0.717, 1.165) is 18.8 Å². The van der Waals surface area contributed by atoms with Gasteiger partial charge in [0.2, 0.25) is 0 Å². The first kappa shape index (κ1) is 12.9. The molecule has 0 aliphatic heterocycles. The largest absolute Gasteiger partial charge is 0.299 e. The molecule has 0 N–H and O–H groups in total. The Balaban J connectivity index is 2.26. The fraction of sp³-hybridized carbons (Fsp3) is 0.812. The van der Waals surface area contributed by atoms with Crippen molar-refractivity contribution >= 4 is 5.78 Å². The molecule has 96 valence electrons. The maximum absolute atomic E-state index is 12.0. The minimum atomic E-state index is 0.287. The highest BCUT2D eigenvalue weighted by Gasteiger charge is 2.52. The smallest absolute Gasteiger partial charge is 0.136 e. The third-order valence-corrected chi connectivity index (χ3v) is 5.67. The van der Waals surface area contributed by atoms with Gasteiger partial charge in [0.25, 0.3) is 0 Å². The van der Waals surface area contributed by atoms with Crippen molar-refractivity contribution in [2.45, 2.75) is 59.3 Å². The monoisotopic (exact) mass is 234 g/mol. The average Bonchev–Trinajstić information content (AvgIpc) is 2.58. The Labute approximate surface area is 106 Å². The first-order valence-electron chi connectivity index (χ1n) is 7.19. The molecule has 2 aliphatic rings. The lowest BCUT2D eigenvalue weighted by Crippen LogP contribution is -2.40. The van der Waals surface area contributed by atoms with Crippen LogP contribution >= 0.6 is 0 Å². The fourth-order valence-corrected chi connectivity index (χ4v) is 4.39. The van der Waals surface area contributed by atoms with Gasteiger partial charge in [0.1, 0.15) is 5.78 Å². The quantitative estimate of drug-likeness (QED) is 0.648. The lowest BCUT2D eigenvalue weighted by Gasteiger charge is -2.47. The van der Waals surface area contributed by atoms with Crippen molar-refractivity contribution in [1.82, 2.24) is 0 Å². The number of ketones is 1. The lowest BCUT2D eigenvalue weighted by atomic mass is 9.57. The predicted octanol–water partition coefficient (Wildman–Crippen LogP) is 4.37. The highest BCUT2D eigenvalue weighted by Crippen LogP contribution is 2.57. The minimum Gasteiger partial charge on any atom is -0.299 e. The number of allylic oxidation sites excluding steroid dienone is 1. The molecular weight excluding hydrogens is 208 g/mol. The van der Waals surface area contributed by atoms with Crippen LogP contribution in [0, 0.1) is 23.2 Å². The van der Waals surface area contributed by atoms with Crippen molar-refractivity contribution in [2.75, 3.05) is 0 Å². The number of carbonyl (C=O) groups is 1. The van der Waals surface area contributed by atoms with Gasteiger partial charge in [-0.1, -0.05) is 32.4 Å². The van der Waals surface area contributed by atoms with E-state index in [4.69, 9.17) is 0 Å². The van der Waals surface area contributed by atoms with E-state index in [-0.39, 0.29) is 5.92 Å². The topological polar surface area (TPSA) is 17.1 Å². The van der Waals surface area contributed by atoms with Crippen LogP contribution in [0.5, 0.6) is 0 Å². The second kappa shape index (κ2) is 4.59. The maximum Gasteiger partial charge on any atom is 0.136 e. The summed E-state index contributed by atoms with van der Waals surface area (Å²) in [6, 6.07) is 0. The van der Waals surface area contributed by atoms with Crippen LogP contribution in [-0.4, -0.2) is 5.78 Å². The molecule has 1 unspecified atom stereocenters. The van der Waals surface area contributed by atoms with Crippen LogP contribution in [-0.2, 0) is 4.79 Å². The SMILES string of the molecule is C=C(C)[C@H]1CC[C@H](CC)[C@]2(CCC(=O)C2C)C1. The lowest BCUT2D eigenvalue weighted by molar-refractivity contribution is -0.123. The van der Waals surface area contributed by atoms with E-state index in [1.165, 1.54) is 31.3 Å². The van der Waals surface area contributed by atoms with Crippen molar-refractivity contribution in [2.24, 2.45) is 23.2 Å². The van der Waals surface area contributed by atoms with Crippen LogP contribution in [0.15, 0.2) is 12.2 Å². The summed E-state index contributed by atoms with van der Waals surface area (Å²) in [5, 5.41) is 0. The summed E-state index contributed by atoms with van der Waals surface area (Å²) in [6.07, 6.45) is 6.99. The van der Waals surface area contributed by atoms with E-state index in [1.54, 1.807) is 0 Å². The molecular formula is C16H26O. The van der Waals surface area contributed by atoms with Crippen molar-refractivity contribution < 1.29 is 4.79 Å². The molecule has 2 fully saturated rings. The van der Waals surface area contributed by atoms with Crippen molar-refractivity contribution in [3.63, 3.8) is 0 Å².